The Labute approximate surface area is 349 Å². The zero-order chi connectivity index (χ0) is 41.8. The first kappa shape index (κ1) is 45.8. The van der Waals surface area contributed by atoms with Gasteiger partial charge in [0.25, 0.3) is 0 Å². The third-order valence-electron chi connectivity index (χ3n) is 14.4. The molecule has 1 aromatic carbocycles. The molecule has 0 aromatic heterocycles. The zero-order valence-corrected chi connectivity index (χ0v) is 36.6. The lowest BCUT2D eigenvalue weighted by Gasteiger charge is -2.54. The molecule has 5 N–H and O–H groups in total. The number of anilines is 1. The number of amides is 4. The van der Waals surface area contributed by atoms with Crippen LogP contribution in [0.2, 0.25) is 0 Å². The van der Waals surface area contributed by atoms with Crippen LogP contribution in [0.5, 0.6) is 0 Å². The largest absolute Gasteiger partial charge is 0.392 e. The Hall–Kier alpha value is -3.24. The Morgan fingerprint density at radius 1 is 0.845 bits per heavy atom. The quantitative estimate of drug-likeness (QED) is 0.0628. The maximum absolute atomic E-state index is 12.9. The van der Waals surface area contributed by atoms with Crippen molar-refractivity contribution in [1.82, 2.24) is 16.0 Å². The number of ether oxygens (including phenoxy) is 1. The highest BCUT2D eigenvalue weighted by Crippen LogP contribution is 2.64. The van der Waals surface area contributed by atoms with Gasteiger partial charge in [0, 0.05) is 31.7 Å². The van der Waals surface area contributed by atoms with Crippen molar-refractivity contribution in [1.29, 1.82) is 0 Å². The third kappa shape index (κ3) is 12.6. The van der Waals surface area contributed by atoms with E-state index in [0.717, 1.165) is 66.3 Å². The van der Waals surface area contributed by atoms with Crippen LogP contribution in [0.25, 0.3) is 0 Å². The van der Waals surface area contributed by atoms with E-state index >= 15 is 0 Å². The Morgan fingerprint density at radius 3 is 2.33 bits per heavy atom. The van der Waals surface area contributed by atoms with Crippen LogP contribution < -0.4 is 21.3 Å². The summed E-state index contributed by atoms with van der Waals surface area (Å²) in [4.78, 5) is 50.6. The Balaban J connectivity index is 0.959. The topological polar surface area (TPSA) is 146 Å². The standard InChI is InChI=1S/C48H76N4O6/c1-31(2)9-7-10-33(5)41-19-20-42-40-17-13-35-28-37(16-18-38(35)39(40)23-24-48(41,42)6)58-26-8-25-49-44(54)21-22-45(55)52-43(27-32(3)4)47(57)50-29-46(56)51-36-14-11-34(30-53)12-15-36/h11-15,31-33,37-43,53H,7-10,16-30H2,1-6H3,(H,49,54)(H,50,57)(H,51,56)(H,52,55)/t33?,37-,38?,39?,40?,41?,42?,43?,48+/m0/s1. The predicted molar refractivity (Wildman–Crippen MR) is 230 cm³/mol. The van der Waals surface area contributed by atoms with Crippen LogP contribution in [0.3, 0.4) is 0 Å². The van der Waals surface area contributed by atoms with E-state index in [0.29, 0.717) is 30.7 Å². The molecule has 0 bridgehead atoms. The SMILES string of the molecule is CC(C)CCCC(C)C1CCC2C3CC=C4C[C@@H](OCCCNC(=O)CCC(=O)NC(CC(C)C)C(=O)NCC(=O)Nc5ccc(CO)cc5)CCC4C3CC[C@]12C. The molecule has 10 nitrogen and oxygen atoms in total. The first-order valence-corrected chi connectivity index (χ1v) is 22.9. The number of nitrogens with one attached hydrogen (secondary N) is 4. The summed E-state index contributed by atoms with van der Waals surface area (Å²) < 4.78 is 6.36. The van der Waals surface area contributed by atoms with Crippen LogP contribution in [-0.4, -0.2) is 60.6 Å². The van der Waals surface area contributed by atoms with Crippen molar-refractivity contribution in [2.24, 2.45) is 52.8 Å². The molecule has 4 amide bonds. The summed E-state index contributed by atoms with van der Waals surface area (Å²) in [5.74, 6) is 4.58. The maximum Gasteiger partial charge on any atom is 0.243 e. The normalized spacial score (nSPS) is 27.4. The number of fused-ring (bicyclic) bond motifs is 5. The molecule has 0 radical (unpaired) electrons. The average molecular weight is 805 g/mol. The molecule has 1 aromatic rings. The van der Waals surface area contributed by atoms with Gasteiger partial charge in [-0.05, 0) is 135 Å². The second-order valence-corrected chi connectivity index (χ2v) is 19.4. The summed E-state index contributed by atoms with van der Waals surface area (Å²) in [6, 6.07) is 5.93. The molecule has 3 saturated carbocycles. The number of benzene rings is 1. The van der Waals surface area contributed by atoms with Gasteiger partial charge in [-0.1, -0.05) is 84.6 Å². The van der Waals surface area contributed by atoms with Gasteiger partial charge in [-0.15, -0.1) is 0 Å². The molecule has 324 valence electrons. The molecule has 3 fully saturated rings. The second kappa shape index (κ2) is 21.8. The Kier molecular flexibility index (Phi) is 17.3. The lowest BCUT2D eigenvalue weighted by molar-refractivity contribution is -0.131. The summed E-state index contributed by atoms with van der Waals surface area (Å²) in [6.45, 7) is 14.6. The van der Waals surface area contributed by atoms with Crippen LogP contribution in [0.1, 0.15) is 143 Å². The summed E-state index contributed by atoms with van der Waals surface area (Å²) in [5.41, 5.74) is 3.46. The van der Waals surface area contributed by atoms with Crippen molar-refractivity contribution >= 4 is 29.3 Å². The third-order valence-corrected chi connectivity index (χ3v) is 14.4. The van der Waals surface area contributed by atoms with Crippen molar-refractivity contribution in [3.63, 3.8) is 0 Å². The lowest BCUT2D eigenvalue weighted by atomic mass is 9.51. The Morgan fingerprint density at radius 2 is 1.60 bits per heavy atom. The molecule has 5 rings (SSSR count). The summed E-state index contributed by atoms with van der Waals surface area (Å²) >= 11 is 0. The van der Waals surface area contributed by atoms with E-state index in [1.807, 2.05) is 13.8 Å². The van der Waals surface area contributed by atoms with Crippen LogP contribution in [0.4, 0.5) is 5.69 Å². The van der Waals surface area contributed by atoms with E-state index in [-0.39, 0.29) is 49.8 Å². The van der Waals surface area contributed by atoms with Gasteiger partial charge in [0.2, 0.25) is 23.6 Å². The number of carbonyl (C=O) groups is 4. The van der Waals surface area contributed by atoms with E-state index in [4.69, 9.17) is 4.74 Å². The number of aliphatic hydroxyl groups excluding tert-OH is 1. The fourth-order valence-electron chi connectivity index (χ4n) is 11.4. The van der Waals surface area contributed by atoms with Gasteiger partial charge in [-0.25, -0.2) is 0 Å². The molecule has 9 atom stereocenters. The smallest absolute Gasteiger partial charge is 0.243 e. The van der Waals surface area contributed by atoms with E-state index in [1.165, 1.54) is 57.8 Å². The van der Waals surface area contributed by atoms with E-state index in [9.17, 15) is 24.3 Å². The Bertz CT molecular complexity index is 1540. The first-order chi connectivity index (χ1) is 27.8. The van der Waals surface area contributed by atoms with Gasteiger partial charge >= 0.3 is 0 Å². The highest BCUT2D eigenvalue weighted by molar-refractivity contribution is 5.96. The minimum Gasteiger partial charge on any atom is -0.392 e. The van der Waals surface area contributed by atoms with Crippen molar-refractivity contribution in [3.05, 3.63) is 41.5 Å². The number of allylic oxidation sites excluding steroid dienone is 1. The number of carbonyl (C=O) groups excluding carboxylic acids is 4. The summed E-state index contributed by atoms with van der Waals surface area (Å²) in [5, 5.41) is 20.2. The molecule has 0 saturated heterocycles. The maximum atomic E-state index is 12.9. The van der Waals surface area contributed by atoms with Crippen molar-refractivity contribution in [2.45, 2.75) is 157 Å². The molecular formula is C48H76N4O6. The molecule has 0 aliphatic heterocycles. The molecule has 58 heavy (non-hydrogen) atoms. The predicted octanol–water partition coefficient (Wildman–Crippen LogP) is 8.09. The minimum absolute atomic E-state index is 0.0263. The fourth-order valence-corrected chi connectivity index (χ4v) is 11.4. The molecular weight excluding hydrogens is 729 g/mol. The van der Waals surface area contributed by atoms with Gasteiger partial charge in [-0.3, -0.25) is 19.2 Å². The van der Waals surface area contributed by atoms with Gasteiger partial charge < -0.3 is 31.1 Å². The molecule has 7 unspecified atom stereocenters. The number of hydrogen-bond acceptors (Lipinski definition) is 6. The fraction of sp³-hybridized carbons (Fsp3) is 0.750. The lowest BCUT2D eigenvalue weighted by Crippen LogP contribution is -2.49. The average Bonchev–Trinajstić information content (AvgIpc) is 3.55. The molecule has 10 heteroatoms. The number of aliphatic hydroxyl groups is 1. The van der Waals surface area contributed by atoms with Crippen molar-refractivity contribution in [2.75, 3.05) is 25.0 Å². The van der Waals surface area contributed by atoms with Gasteiger partial charge in [-0.2, -0.15) is 0 Å². The van der Waals surface area contributed by atoms with E-state index in [1.54, 1.807) is 29.8 Å². The first-order valence-electron chi connectivity index (χ1n) is 22.9. The highest BCUT2D eigenvalue weighted by Gasteiger charge is 2.56. The van der Waals surface area contributed by atoms with Crippen molar-refractivity contribution in [3.8, 4) is 0 Å². The second-order valence-electron chi connectivity index (χ2n) is 19.4. The van der Waals surface area contributed by atoms with Gasteiger partial charge in [0.1, 0.15) is 6.04 Å². The number of hydrogen-bond donors (Lipinski definition) is 5. The highest BCUT2D eigenvalue weighted by atomic mass is 16.5. The zero-order valence-electron chi connectivity index (χ0n) is 36.6. The molecule has 4 aliphatic rings. The number of rotatable bonds is 21. The van der Waals surface area contributed by atoms with Crippen LogP contribution in [0.15, 0.2) is 35.9 Å². The summed E-state index contributed by atoms with van der Waals surface area (Å²) in [7, 11) is 0. The van der Waals surface area contributed by atoms with Crippen LogP contribution >= 0.6 is 0 Å². The van der Waals surface area contributed by atoms with E-state index < -0.39 is 17.9 Å². The monoisotopic (exact) mass is 805 g/mol. The molecule has 4 aliphatic carbocycles. The van der Waals surface area contributed by atoms with Crippen LogP contribution in [0, 0.1) is 52.8 Å². The minimum atomic E-state index is -0.818. The van der Waals surface area contributed by atoms with Crippen molar-refractivity contribution < 1.29 is 29.0 Å². The van der Waals surface area contributed by atoms with Gasteiger partial charge in [0.15, 0.2) is 0 Å². The van der Waals surface area contributed by atoms with Crippen LogP contribution in [-0.2, 0) is 30.5 Å². The van der Waals surface area contributed by atoms with E-state index in [2.05, 4.69) is 55.0 Å². The molecule has 0 spiro atoms. The molecule has 0 heterocycles. The van der Waals surface area contributed by atoms with Gasteiger partial charge in [0.05, 0.1) is 19.3 Å². The summed E-state index contributed by atoms with van der Waals surface area (Å²) in [6.07, 6.45) is 18.5.